The van der Waals surface area contributed by atoms with Gasteiger partial charge in [-0.1, -0.05) is 0 Å². The minimum absolute atomic E-state index is 0.126. The maximum Gasteiger partial charge on any atom is 0.410 e. The Morgan fingerprint density at radius 3 is 2.55 bits per heavy atom. The van der Waals surface area contributed by atoms with Crippen LogP contribution < -0.4 is 5.73 Å². The first-order chi connectivity index (χ1) is 9.19. The van der Waals surface area contributed by atoms with E-state index in [1.165, 1.54) is 0 Å². The van der Waals surface area contributed by atoms with E-state index < -0.39 is 30.5 Å². The molecule has 0 radical (unpaired) electrons. The third-order valence-electron chi connectivity index (χ3n) is 3.81. The molecule has 2 aliphatic rings. The number of halogens is 2. The number of nitrogens with zero attached hydrogens (tertiary/aromatic N) is 1. The van der Waals surface area contributed by atoms with Crippen LogP contribution in [0, 0.1) is 0 Å². The van der Waals surface area contributed by atoms with Gasteiger partial charge in [-0.25, -0.2) is 4.79 Å². The van der Waals surface area contributed by atoms with Crippen LogP contribution in [0.1, 0.15) is 40.0 Å². The van der Waals surface area contributed by atoms with E-state index in [1.807, 2.05) is 0 Å². The molecule has 0 spiro atoms. The Hall–Kier alpha value is -0.950. The number of amides is 1. The van der Waals surface area contributed by atoms with Crippen LogP contribution in [0.3, 0.4) is 0 Å². The fraction of sp³-hybridized carbons (Fsp3) is 0.923. The predicted molar refractivity (Wildman–Crippen MR) is 68.4 cm³/mol. The van der Waals surface area contributed by atoms with E-state index in [-0.39, 0.29) is 12.1 Å². The summed E-state index contributed by atoms with van der Waals surface area (Å²) in [5.41, 5.74) is 5.41. The highest BCUT2D eigenvalue weighted by Crippen LogP contribution is 2.37. The van der Waals surface area contributed by atoms with E-state index >= 15 is 0 Å². The average Bonchev–Trinajstić information content (AvgIpc) is 2.61. The van der Waals surface area contributed by atoms with E-state index in [4.69, 9.17) is 10.5 Å². The maximum absolute atomic E-state index is 12.4. The first kappa shape index (κ1) is 15.4. The summed E-state index contributed by atoms with van der Waals surface area (Å²) in [6, 6.07) is -1.01. The summed E-state index contributed by atoms with van der Waals surface area (Å²) in [7, 11) is 0. The molecule has 0 unspecified atom stereocenters. The minimum atomic E-state index is -2.83. The van der Waals surface area contributed by atoms with Gasteiger partial charge in [-0.2, -0.15) is 8.78 Å². The van der Waals surface area contributed by atoms with E-state index in [2.05, 4.69) is 4.74 Å². The molecule has 0 saturated carbocycles. The third kappa shape index (κ3) is 3.20. The average molecular weight is 292 g/mol. The second-order valence-electron chi connectivity index (χ2n) is 6.43. The Morgan fingerprint density at radius 1 is 1.35 bits per heavy atom. The van der Waals surface area contributed by atoms with Gasteiger partial charge in [0.2, 0.25) is 0 Å². The molecule has 1 amide bonds. The summed E-state index contributed by atoms with van der Waals surface area (Å²) in [4.78, 5) is 13.8. The van der Waals surface area contributed by atoms with Crippen LogP contribution in [-0.4, -0.2) is 47.4 Å². The first-order valence-electron chi connectivity index (χ1n) is 6.89. The van der Waals surface area contributed by atoms with Crippen molar-refractivity contribution in [2.45, 2.75) is 76.5 Å². The molecule has 4 atom stereocenters. The van der Waals surface area contributed by atoms with Gasteiger partial charge in [-0.05, 0) is 40.0 Å². The monoisotopic (exact) mass is 292 g/mol. The number of carbonyl (C=O) groups is 1. The molecule has 116 valence electrons. The molecule has 2 rings (SSSR count). The number of carbonyl (C=O) groups excluding carboxylic acids is 1. The highest BCUT2D eigenvalue weighted by Gasteiger charge is 2.50. The van der Waals surface area contributed by atoms with Crippen molar-refractivity contribution in [1.29, 1.82) is 0 Å². The lowest BCUT2D eigenvalue weighted by atomic mass is 9.95. The summed E-state index contributed by atoms with van der Waals surface area (Å²) < 4.78 is 34.7. The summed E-state index contributed by atoms with van der Waals surface area (Å²) >= 11 is 0. The molecule has 20 heavy (non-hydrogen) atoms. The molecule has 2 heterocycles. The molecule has 0 aliphatic carbocycles. The zero-order chi connectivity index (χ0) is 15.1. The van der Waals surface area contributed by atoms with Crippen molar-refractivity contribution in [2.75, 3.05) is 0 Å². The minimum Gasteiger partial charge on any atom is -0.444 e. The third-order valence-corrected chi connectivity index (χ3v) is 3.81. The quantitative estimate of drug-likeness (QED) is 0.846. The smallest absolute Gasteiger partial charge is 0.410 e. The first-order valence-corrected chi connectivity index (χ1v) is 6.89. The molecule has 0 aromatic heterocycles. The zero-order valence-corrected chi connectivity index (χ0v) is 12.0. The predicted octanol–water partition coefficient (Wildman–Crippen LogP) is 2.09. The van der Waals surface area contributed by atoms with Crippen molar-refractivity contribution in [3.05, 3.63) is 0 Å². The van der Waals surface area contributed by atoms with Gasteiger partial charge in [-0.3, -0.25) is 0 Å². The van der Waals surface area contributed by atoms with E-state index in [9.17, 15) is 13.6 Å². The molecule has 2 aliphatic heterocycles. The molecular formula is C13H22F2N2O3. The van der Waals surface area contributed by atoms with Crippen molar-refractivity contribution in [3.8, 4) is 0 Å². The molecule has 5 nitrogen and oxygen atoms in total. The Bertz CT molecular complexity index is 373. The summed E-state index contributed by atoms with van der Waals surface area (Å²) in [5.74, 6) is 0. The van der Waals surface area contributed by atoms with Gasteiger partial charge in [0.25, 0.3) is 0 Å². The lowest BCUT2D eigenvalue weighted by Crippen LogP contribution is -2.61. The van der Waals surface area contributed by atoms with Gasteiger partial charge in [0.05, 0.1) is 18.2 Å². The maximum atomic E-state index is 12.4. The molecule has 0 aromatic rings. The Kier molecular flexibility index (Phi) is 4.20. The van der Waals surface area contributed by atoms with Crippen molar-refractivity contribution >= 4 is 6.09 Å². The lowest BCUT2D eigenvalue weighted by Gasteiger charge is -2.42. The number of rotatable bonds is 2. The number of hydrogen-bond donors (Lipinski definition) is 1. The van der Waals surface area contributed by atoms with Crippen LogP contribution in [0.4, 0.5) is 13.6 Å². The number of hydrogen-bond acceptors (Lipinski definition) is 4. The lowest BCUT2D eigenvalue weighted by molar-refractivity contribution is -0.182. The molecule has 2 bridgehead atoms. The van der Waals surface area contributed by atoms with Gasteiger partial charge >= 0.3 is 12.7 Å². The van der Waals surface area contributed by atoms with Gasteiger partial charge in [0, 0.05) is 6.04 Å². The van der Waals surface area contributed by atoms with Crippen molar-refractivity contribution in [1.82, 2.24) is 4.90 Å². The second kappa shape index (κ2) is 5.44. The van der Waals surface area contributed by atoms with E-state index in [1.54, 1.807) is 25.7 Å². The highest BCUT2D eigenvalue weighted by molar-refractivity contribution is 5.70. The molecule has 2 fully saturated rings. The van der Waals surface area contributed by atoms with Crippen LogP contribution in [0.15, 0.2) is 0 Å². The topological polar surface area (TPSA) is 64.8 Å². The molecule has 7 heteroatoms. The molecule has 2 N–H and O–H groups in total. The number of fused-ring (bicyclic) bond motifs is 2. The summed E-state index contributed by atoms with van der Waals surface area (Å²) in [5, 5.41) is 0. The van der Waals surface area contributed by atoms with Crippen LogP contribution >= 0.6 is 0 Å². The normalized spacial score (nSPS) is 33.6. The van der Waals surface area contributed by atoms with Gasteiger partial charge in [0.1, 0.15) is 5.60 Å². The van der Waals surface area contributed by atoms with E-state index in [0.717, 1.165) is 6.42 Å². The van der Waals surface area contributed by atoms with Crippen molar-refractivity contribution < 1.29 is 23.0 Å². The molecular weight excluding hydrogens is 270 g/mol. The van der Waals surface area contributed by atoms with Crippen LogP contribution in [0.25, 0.3) is 0 Å². The van der Waals surface area contributed by atoms with Crippen LogP contribution in [0.2, 0.25) is 0 Å². The van der Waals surface area contributed by atoms with Crippen LogP contribution in [0.5, 0.6) is 0 Å². The Morgan fingerprint density at radius 2 is 2.00 bits per heavy atom. The number of nitrogens with two attached hydrogens (primary N) is 1. The fourth-order valence-corrected chi connectivity index (χ4v) is 3.07. The van der Waals surface area contributed by atoms with Gasteiger partial charge in [0.15, 0.2) is 0 Å². The Labute approximate surface area is 117 Å². The van der Waals surface area contributed by atoms with Gasteiger partial charge < -0.3 is 20.1 Å². The number of ether oxygens (including phenoxy) is 2. The summed E-state index contributed by atoms with van der Waals surface area (Å²) in [6.45, 7) is 2.54. The van der Waals surface area contributed by atoms with Crippen molar-refractivity contribution in [2.24, 2.45) is 5.73 Å². The molecule has 0 aromatic carbocycles. The highest BCUT2D eigenvalue weighted by atomic mass is 19.3. The second-order valence-corrected chi connectivity index (χ2v) is 6.43. The molecule has 2 saturated heterocycles. The summed E-state index contributed by atoms with van der Waals surface area (Å²) in [6.07, 6.45) is 0.665. The zero-order valence-electron chi connectivity index (χ0n) is 12.0. The standard InChI is InChI=1S/C13H22F2N2O3/c1-13(2,3)20-12(18)17-7-4-5-8(17)10(16)9(6-7)19-11(14)15/h7-11H,4-6,16H2,1-3H3/t7-,8+,9+,10-/m0/s1. The van der Waals surface area contributed by atoms with Gasteiger partial charge in [-0.15, -0.1) is 0 Å². The Balaban J connectivity index is 2.06. The SMILES string of the molecule is CC(C)(C)OC(=O)N1[C@H]2CC[C@@H]1[C@H](N)[C@H](OC(F)F)C2. The van der Waals surface area contributed by atoms with E-state index in [0.29, 0.717) is 12.8 Å². The number of alkyl halides is 2. The fourth-order valence-electron chi connectivity index (χ4n) is 3.07. The largest absolute Gasteiger partial charge is 0.444 e. The number of piperidine rings is 1. The van der Waals surface area contributed by atoms with Crippen LogP contribution in [-0.2, 0) is 9.47 Å². The van der Waals surface area contributed by atoms with Crippen molar-refractivity contribution in [3.63, 3.8) is 0 Å².